The van der Waals surface area contributed by atoms with Gasteiger partial charge in [0.25, 0.3) is 5.91 Å². The lowest BCUT2D eigenvalue weighted by Gasteiger charge is -2.09. The Kier molecular flexibility index (Phi) is 3.34. The molecule has 7 heteroatoms. The summed E-state index contributed by atoms with van der Waals surface area (Å²) in [4.78, 5) is 16.4. The highest BCUT2D eigenvalue weighted by Crippen LogP contribution is 2.28. The number of carbonyl (C=O) groups is 1. The second-order valence-corrected chi connectivity index (χ2v) is 5.46. The Hall–Kier alpha value is -2.41. The van der Waals surface area contributed by atoms with Crippen molar-refractivity contribution in [3.63, 3.8) is 0 Å². The first-order chi connectivity index (χ1) is 10.1. The van der Waals surface area contributed by atoms with Crippen molar-refractivity contribution < 1.29 is 4.79 Å². The van der Waals surface area contributed by atoms with Crippen molar-refractivity contribution in [1.29, 1.82) is 0 Å². The third-order valence-corrected chi connectivity index (χ3v) is 3.83. The molecule has 0 aliphatic rings. The molecular weight excluding hydrogens is 334 g/mol. The van der Waals surface area contributed by atoms with Gasteiger partial charge >= 0.3 is 0 Å². The fraction of sp³-hybridized carbons (Fsp3) is 0.0714. The summed E-state index contributed by atoms with van der Waals surface area (Å²) in [5, 5.41) is 6.94. The zero-order valence-corrected chi connectivity index (χ0v) is 12.8. The minimum Gasteiger partial charge on any atom is -0.398 e. The van der Waals surface area contributed by atoms with Crippen LogP contribution in [0.15, 0.2) is 41.4 Å². The molecule has 0 fully saturated rings. The molecule has 1 amide bonds. The SMILES string of the molecule is Cc1cc(Br)c(NC(=O)c2cnn3ccncc23)cc1N. The van der Waals surface area contributed by atoms with Gasteiger partial charge in [-0.05, 0) is 40.5 Å². The second kappa shape index (κ2) is 5.17. The van der Waals surface area contributed by atoms with Crippen LogP contribution in [0.4, 0.5) is 11.4 Å². The van der Waals surface area contributed by atoms with Crippen molar-refractivity contribution in [3.05, 3.63) is 52.5 Å². The summed E-state index contributed by atoms with van der Waals surface area (Å²) in [6.45, 7) is 1.91. The van der Waals surface area contributed by atoms with Gasteiger partial charge in [0.2, 0.25) is 0 Å². The highest BCUT2D eigenvalue weighted by Gasteiger charge is 2.14. The molecule has 0 saturated carbocycles. The number of hydrogen-bond donors (Lipinski definition) is 2. The number of rotatable bonds is 2. The predicted octanol–water partition coefficient (Wildman–Crippen LogP) is 2.63. The lowest BCUT2D eigenvalue weighted by molar-refractivity contribution is 0.102. The maximum absolute atomic E-state index is 12.4. The summed E-state index contributed by atoms with van der Waals surface area (Å²) in [6, 6.07) is 3.59. The van der Waals surface area contributed by atoms with Gasteiger partial charge in [0.1, 0.15) is 0 Å². The van der Waals surface area contributed by atoms with E-state index < -0.39 is 0 Å². The zero-order chi connectivity index (χ0) is 15.0. The molecule has 1 aromatic carbocycles. The van der Waals surface area contributed by atoms with Gasteiger partial charge in [0.05, 0.1) is 29.2 Å². The number of nitrogens with zero attached hydrogens (tertiary/aromatic N) is 3. The van der Waals surface area contributed by atoms with Crippen molar-refractivity contribution in [2.24, 2.45) is 0 Å². The molecule has 21 heavy (non-hydrogen) atoms. The monoisotopic (exact) mass is 345 g/mol. The quantitative estimate of drug-likeness (QED) is 0.699. The van der Waals surface area contributed by atoms with E-state index in [0.717, 1.165) is 10.0 Å². The first-order valence-electron chi connectivity index (χ1n) is 6.20. The number of carbonyl (C=O) groups excluding carboxylic acids is 1. The Morgan fingerprint density at radius 3 is 3.00 bits per heavy atom. The average Bonchev–Trinajstić information content (AvgIpc) is 2.88. The van der Waals surface area contributed by atoms with E-state index >= 15 is 0 Å². The number of hydrogen-bond acceptors (Lipinski definition) is 4. The zero-order valence-electron chi connectivity index (χ0n) is 11.2. The summed E-state index contributed by atoms with van der Waals surface area (Å²) in [6.07, 6.45) is 6.41. The van der Waals surface area contributed by atoms with E-state index in [9.17, 15) is 4.79 Å². The Morgan fingerprint density at radius 1 is 1.38 bits per heavy atom. The van der Waals surface area contributed by atoms with E-state index in [-0.39, 0.29) is 5.91 Å². The maximum atomic E-state index is 12.4. The maximum Gasteiger partial charge on any atom is 0.259 e. The molecule has 0 aliphatic carbocycles. The minimum absolute atomic E-state index is 0.262. The highest BCUT2D eigenvalue weighted by molar-refractivity contribution is 9.10. The number of nitrogens with one attached hydrogen (secondary N) is 1. The number of halogens is 1. The molecular formula is C14H12BrN5O. The molecule has 0 unspecified atom stereocenters. The van der Waals surface area contributed by atoms with E-state index in [0.29, 0.717) is 22.5 Å². The molecule has 6 nitrogen and oxygen atoms in total. The van der Waals surface area contributed by atoms with Crippen LogP contribution >= 0.6 is 15.9 Å². The van der Waals surface area contributed by atoms with Crippen LogP contribution in [0, 0.1) is 6.92 Å². The molecule has 106 valence electrons. The molecule has 0 saturated heterocycles. The number of amides is 1. The first-order valence-corrected chi connectivity index (χ1v) is 7.00. The first kappa shape index (κ1) is 13.6. The molecule has 0 radical (unpaired) electrons. The van der Waals surface area contributed by atoms with Crippen molar-refractivity contribution in [2.75, 3.05) is 11.1 Å². The molecule has 0 aliphatic heterocycles. The summed E-state index contributed by atoms with van der Waals surface area (Å²) < 4.78 is 2.37. The van der Waals surface area contributed by atoms with Gasteiger partial charge < -0.3 is 11.1 Å². The molecule has 3 aromatic rings. The Morgan fingerprint density at radius 2 is 2.19 bits per heavy atom. The molecule has 2 heterocycles. The van der Waals surface area contributed by atoms with Gasteiger partial charge in [-0.3, -0.25) is 9.78 Å². The normalized spacial score (nSPS) is 10.8. The van der Waals surface area contributed by atoms with Crippen molar-refractivity contribution >= 4 is 38.7 Å². The lowest BCUT2D eigenvalue weighted by Crippen LogP contribution is -2.12. The molecule has 3 N–H and O–H groups in total. The van der Waals surface area contributed by atoms with Crippen LogP contribution in [0.1, 0.15) is 15.9 Å². The molecule has 0 atom stereocenters. The molecule has 2 aromatic heterocycles. The van der Waals surface area contributed by atoms with Gasteiger partial charge in [-0.15, -0.1) is 0 Å². The van der Waals surface area contributed by atoms with E-state index in [1.807, 2.05) is 13.0 Å². The number of nitrogens with two attached hydrogens (primary N) is 1. The van der Waals surface area contributed by atoms with Gasteiger partial charge in [0, 0.05) is 22.6 Å². The number of anilines is 2. The summed E-state index contributed by atoms with van der Waals surface area (Å²) >= 11 is 3.42. The minimum atomic E-state index is -0.262. The van der Waals surface area contributed by atoms with Crippen LogP contribution in [0.25, 0.3) is 5.52 Å². The second-order valence-electron chi connectivity index (χ2n) is 4.61. The van der Waals surface area contributed by atoms with Crippen molar-refractivity contribution in [3.8, 4) is 0 Å². The largest absolute Gasteiger partial charge is 0.398 e. The number of fused-ring (bicyclic) bond motifs is 1. The van der Waals surface area contributed by atoms with E-state index in [1.165, 1.54) is 6.20 Å². The fourth-order valence-electron chi connectivity index (χ4n) is 1.98. The number of benzene rings is 1. The van der Waals surface area contributed by atoms with Crippen molar-refractivity contribution in [1.82, 2.24) is 14.6 Å². The number of nitrogen functional groups attached to an aromatic ring is 1. The average molecular weight is 346 g/mol. The van der Waals surface area contributed by atoms with Crippen LogP contribution in [0.5, 0.6) is 0 Å². The predicted molar refractivity (Wildman–Crippen MR) is 84.2 cm³/mol. The van der Waals surface area contributed by atoms with Gasteiger partial charge in [0.15, 0.2) is 0 Å². The Labute approximate surface area is 129 Å². The number of aryl methyl sites for hydroxylation is 1. The van der Waals surface area contributed by atoms with E-state index in [4.69, 9.17) is 5.73 Å². The fourth-order valence-corrected chi connectivity index (χ4v) is 2.54. The number of aromatic nitrogens is 3. The smallest absolute Gasteiger partial charge is 0.259 e. The lowest BCUT2D eigenvalue weighted by atomic mass is 10.2. The molecule has 0 spiro atoms. The van der Waals surface area contributed by atoms with Crippen LogP contribution in [0.3, 0.4) is 0 Å². The topological polar surface area (TPSA) is 85.3 Å². The van der Waals surface area contributed by atoms with Crippen LogP contribution in [0.2, 0.25) is 0 Å². The third-order valence-electron chi connectivity index (χ3n) is 3.17. The summed E-state index contributed by atoms with van der Waals surface area (Å²) in [7, 11) is 0. The molecule has 3 rings (SSSR count). The summed E-state index contributed by atoms with van der Waals surface area (Å²) in [5.41, 5.74) is 9.16. The third kappa shape index (κ3) is 2.47. The van der Waals surface area contributed by atoms with E-state index in [1.54, 1.807) is 29.2 Å². The standard InChI is InChI=1S/C14H12BrN5O/c1-8-4-10(15)12(5-11(8)16)19-14(21)9-6-18-20-3-2-17-7-13(9)20/h2-7H,16H2,1H3,(H,19,21). The van der Waals surface area contributed by atoms with Crippen LogP contribution in [-0.4, -0.2) is 20.5 Å². The van der Waals surface area contributed by atoms with Crippen molar-refractivity contribution in [2.45, 2.75) is 6.92 Å². The van der Waals surface area contributed by atoms with E-state index in [2.05, 4.69) is 31.3 Å². The van der Waals surface area contributed by atoms with Crippen LogP contribution < -0.4 is 11.1 Å². The summed E-state index contributed by atoms with van der Waals surface area (Å²) in [5.74, 6) is -0.262. The Balaban J connectivity index is 1.95. The van der Waals surface area contributed by atoms with Gasteiger partial charge in [-0.25, -0.2) is 4.52 Å². The highest BCUT2D eigenvalue weighted by atomic mass is 79.9. The van der Waals surface area contributed by atoms with Gasteiger partial charge in [-0.2, -0.15) is 5.10 Å². The van der Waals surface area contributed by atoms with Crippen LogP contribution in [-0.2, 0) is 0 Å². The Bertz CT molecular complexity index is 842. The molecule has 0 bridgehead atoms. The van der Waals surface area contributed by atoms with Gasteiger partial charge in [-0.1, -0.05) is 0 Å².